The fraction of sp³-hybridized carbons (Fsp3) is 0.750. The number of nitrogens with two attached hydrogens (primary N) is 1. The number of likely N-dealkylation sites (N-methyl/N-ethyl adjacent to an activating group) is 1. The number of rotatable bonds is 5. The Morgan fingerprint density at radius 3 is 2.58 bits per heavy atom. The zero-order valence-corrected chi connectivity index (χ0v) is 7.23. The molecule has 0 aliphatic carbocycles. The summed E-state index contributed by atoms with van der Waals surface area (Å²) in [6.45, 7) is -0.196. The molecule has 1 atom stereocenters. The van der Waals surface area contributed by atoms with E-state index in [1.165, 1.54) is 7.05 Å². The molecule has 0 aromatic carbocycles. The van der Waals surface area contributed by atoms with Crippen LogP contribution in [0.3, 0.4) is 0 Å². The Balaban J connectivity index is 3.83. The highest BCUT2D eigenvalue weighted by Crippen LogP contribution is 1.88. The Labute approximate surface area is 70.8 Å². The highest BCUT2D eigenvalue weighted by molar-refractivity contribution is 7.67. The number of thiol groups is 1. The van der Waals surface area contributed by atoms with E-state index in [0.29, 0.717) is 0 Å². The molecule has 0 spiro atoms. The second-order valence-corrected chi connectivity index (χ2v) is 2.67. The SMILES string of the molecule is CN(C[C@H](N)C(=O)O)O[SH](=O)=O. The van der Waals surface area contributed by atoms with E-state index in [1.807, 2.05) is 0 Å². The molecule has 72 valence electrons. The molecule has 8 heteroatoms. The maximum Gasteiger partial charge on any atom is 0.321 e. The molecule has 7 nitrogen and oxygen atoms in total. The van der Waals surface area contributed by atoms with Crippen molar-refractivity contribution in [2.45, 2.75) is 6.04 Å². The number of hydrogen-bond donors (Lipinski definition) is 3. The summed E-state index contributed by atoms with van der Waals surface area (Å²) < 4.78 is 24.0. The highest BCUT2D eigenvalue weighted by atomic mass is 32.2. The van der Waals surface area contributed by atoms with Gasteiger partial charge in [-0.2, -0.15) is 9.35 Å². The van der Waals surface area contributed by atoms with Crippen molar-refractivity contribution in [3.05, 3.63) is 0 Å². The van der Waals surface area contributed by atoms with E-state index < -0.39 is 23.0 Å². The summed E-state index contributed by atoms with van der Waals surface area (Å²) in [5.41, 5.74) is 5.08. The van der Waals surface area contributed by atoms with E-state index >= 15 is 0 Å². The average molecular weight is 198 g/mol. The van der Waals surface area contributed by atoms with Gasteiger partial charge in [0.1, 0.15) is 6.04 Å². The Bertz CT molecular complexity index is 219. The van der Waals surface area contributed by atoms with Crippen molar-refractivity contribution in [1.29, 1.82) is 0 Å². The van der Waals surface area contributed by atoms with Gasteiger partial charge < -0.3 is 10.8 Å². The number of aliphatic carboxylic acids is 1. The third-order valence-electron chi connectivity index (χ3n) is 0.977. The van der Waals surface area contributed by atoms with Gasteiger partial charge in [0.2, 0.25) is 0 Å². The molecular formula is C4H10N2O5S. The molecule has 0 heterocycles. The van der Waals surface area contributed by atoms with Gasteiger partial charge in [0.25, 0.3) is 11.0 Å². The van der Waals surface area contributed by atoms with Gasteiger partial charge in [0, 0.05) is 7.05 Å². The third-order valence-corrected chi connectivity index (χ3v) is 1.39. The van der Waals surface area contributed by atoms with Crippen LogP contribution in [0.4, 0.5) is 0 Å². The first kappa shape index (κ1) is 11.3. The molecule has 0 amide bonds. The molecule has 0 fully saturated rings. The number of carboxylic acid groups (broad SMARTS) is 1. The predicted octanol–water partition coefficient (Wildman–Crippen LogP) is -2.21. The number of nitrogens with zero attached hydrogens (tertiary/aromatic N) is 1. The summed E-state index contributed by atoms with van der Waals surface area (Å²) in [6, 6.07) is -1.16. The molecule has 3 N–H and O–H groups in total. The standard InChI is InChI=1S/C4H10N2O5S/c1-6(11-12(9)10)2-3(5)4(7)8/h3,12H,2,5H2,1H3,(H,7,8)/t3-/m0/s1. The fourth-order valence-electron chi connectivity index (χ4n) is 0.502. The van der Waals surface area contributed by atoms with E-state index in [1.54, 1.807) is 0 Å². The first-order valence-electron chi connectivity index (χ1n) is 2.95. The summed E-state index contributed by atoms with van der Waals surface area (Å²) >= 11 is 0. The largest absolute Gasteiger partial charge is 0.480 e. The van der Waals surface area contributed by atoms with Crippen LogP contribution in [-0.4, -0.2) is 44.2 Å². The summed E-state index contributed by atoms with van der Waals surface area (Å²) in [7, 11) is -1.74. The molecule has 0 unspecified atom stereocenters. The van der Waals surface area contributed by atoms with E-state index in [2.05, 4.69) is 4.28 Å². The molecule has 12 heavy (non-hydrogen) atoms. The van der Waals surface area contributed by atoms with Gasteiger partial charge in [0.15, 0.2) is 0 Å². The van der Waals surface area contributed by atoms with Crippen LogP contribution in [0.25, 0.3) is 0 Å². The molecule has 0 aromatic heterocycles. The third kappa shape index (κ3) is 5.02. The second-order valence-electron chi connectivity index (χ2n) is 2.06. The van der Waals surface area contributed by atoms with E-state index in [0.717, 1.165) is 5.06 Å². The Morgan fingerprint density at radius 2 is 2.25 bits per heavy atom. The number of carboxylic acids is 1. The number of carbonyl (C=O) groups is 1. The first-order chi connectivity index (χ1) is 5.43. The molecule has 0 radical (unpaired) electrons. The van der Waals surface area contributed by atoms with E-state index in [9.17, 15) is 13.2 Å². The minimum absolute atomic E-state index is 0.196. The van der Waals surface area contributed by atoms with Crippen LogP contribution in [0.2, 0.25) is 0 Å². The maximum absolute atomic E-state index is 10.2. The lowest BCUT2D eigenvalue weighted by Gasteiger charge is -2.13. The molecule has 0 saturated carbocycles. The van der Waals surface area contributed by atoms with Crippen molar-refractivity contribution in [2.24, 2.45) is 5.73 Å². The van der Waals surface area contributed by atoms with Crippen molar-refractivity contribution in [3.63, 3.8) is 0 Å². The normalized spacial score (nSPS) is 13.7. The lowest BCUT2D eigenvalue weighted by atomic mass is 10.3. The van der Waals surface area contributed by atoms with Gasteiger partial charge in [-0.15, -0.1) is 0 Å². The van der Waals surface area contributed by atoms with Gasteiger partial charge in [-0.05, 0) is 0 Å². The zero-order valence-electron chi connectivity index (χ0n) is 6.34. The fourth-order valence-corrected chi connectivity index (χ4v) is 0.797. The van der Waals surface area contributed by atoms with Crippen LogP contribution in [0.5, 0.6) is 0 Å². The zero-order chi connectivity index (χ0) is 9.72. The van der Waals surface area contributed by atoms with Crippen molar-refractivity contribution in [1.82, 2.24) is 5.06 Å². The van der Waals surface area contributed by atoms with Crippen LogP contribution in [0.15, 0.2) is 0 Å². The molecular weight excluding hydrogens is 188 g/mol. The average Bonchev–Trinajstić information content (AvgIpc) is 1.84. The van der Waals surface area contributed by atoms with E-state index in [-0.39, 0.29) is 6.54 Å². The van der Waals surface area contributed by atoms with Crippen molar-refractivity contribution in [3.8, 4) is 0 Å². The Kier molecular flexibility index (Phi) is 4.74. The van der Waals surface area contributed by atoms with Gasteiger partial charge in [-0.1, -0.05) is 0 Å². The van der Waals surface area contributed by atoms with Gasteiger partial charge in [0.05, 0.1) is 6.54 Å². The molecule has 0 aliphatic rings. The van der Waals surface area contributed by atoms with Crippen molar-refractivity contribution < 1.29 is 22.6 Å². The van der Waals surface area contributed by atoms with Crippen molar-refractivity contribution >= 4 is 17.0 Å². The number of hydrogen-bond acceptors (Lipinski definition) is 6. The van der Waals surface area contributed by atoms with Gasteiger partial charge in [-0.3, -0.25) is 4.79 Å². The topological polar surface area (TPSA) is 110 Å². The lowest BCUT2D eigenvalue weighted by Crippen LogP contribution is -2.40. The van der Waals surface area contributed by atoms with Crippen molar-refractivity contribution in [2.75, 3.05) is 13.6 Å². The van der Waals surface area contributed by atoms with Crippen LogP contribution >= 0.6 is 0 Å². The summed E-state index contributed by atoms with van der Waals surface area (Å²) in [5, 5.41) is 9.14. The molecule has 0 bridgehead atoms. The smallest absolute Gasteiger partial charge is 0.321 e. The summed E-state index contributed by atoms with van der Waals surface area (Å²) in [4.78, 5) is 10.2. The predicted molar refractivity (Wildman–Crippen MR) is 39.6 cm³/mol. The minimum atomic E-state index is -3.01. The van der Waals surface area contributed by atoms with Crippen LogP contribution in [0.1, 0.15) is 0 Å². The van der Waals surface area contributed by atoms with Gasteiger partial charge in [-0.25, -0.2) is 8.42 Å². The molecule has 0 rings (SSSR count). The summed E-state index contributed by atoms with van der Waals surface area (Å²) in [5.74, 6) is -1.22. The summed E-state index contributed by atoms with van der Waals surface area (Å²) in [6.07, 6.45) is 0. The number of hydroxylamine groups is 2. The van der Waals surface area contributed by atoms with Gasteiger partial charge >= 0.3 is 5.97 Å². The molecule has 0 saturated heterocycles. The van der Waals surface area contributed by atoms with Crippen LogP contribution in [0, 0.1) is 0 Å². The molecule has 0 aromatic rings. The highest BCUT2D eigenvalue weighted by Gasteiger charge is 2.14. The Morgan fingerprint density at radius 1 is 1.75 bits per heavy atom. The quantitative estimate of drug-likeness (QED) is 0.339. The first-order valence-corrected chi connectivity index (χ1v) is 4.05. The molecule has 0 aliphatic heterocycles. The maximum atomic E-state index is 10.2. The minimum Gasteiger partial charge on any atom is -0.480 e. The van der Waals surface area contributed by atoms with Crippen LogP contribution < -0.4 is 5.73 Å². The second kappa shape index (κ2) is 5.04. The van der Waals surface area contributed by atoms with Crippen LogP contribution in [-0.2, 0) is 20.1 Å². The lowest BCUT2D eigenvalue weighted by molar-refractivity contribution is -0.141. The Hall–Kier alpha value is -0.700. The monoisotopic (exact) mass is 198 g/mol. The van der Waals surface area contributed by atoms with E-state index in [4.69, 9.17) is 10.8 Å².